The molecule has 35 heavy (non-hydrogen) atoms. The van der Waals surface area contributed by atoms with Gasteiger partial charge in [-0.1, -0.05) is 34.1 Å². The summed E-state index contributed by atoms with van der Waals surface area (Å²) >= 11 is 3.52. The largest absolute Gasteiger partial charge is 0.495 e. The fourth-order valence-corrected chi connectivity index (χ4v) is 6.71. The van der Waals surface area contributed by atoms with E-state index in [0.29, 0.717) is 23.7 Å². The van der Waals surface area contributed by atoms with Gasteiger partial charge in [-0.25, -0.2) is 8.42 Å². The maximum absolute atomic E-state index is 13.6. The number of carbonyl (C=O) groups is 1. The van der Waals surface area contributed by atoms with Gasteiger partial charge in [0, 0.05) is 33.6 Å². The van der Waals surface area contributed by atoms with Crippen LogP contribution >= 0.6 is 15.9 Å². The number of amides is 1. The molecular weight excluding hydrogens is 538 g/mol. The molecule has 5 rings (SSSR count). The van der Waals surface area contributed by atoms with Crippen LogP contribution in [0.15, 0.2) is 44.2 Å². The molecule has 2 aromatic carbocycles. The molecule has 2 atom stereocenters. The van der Waals surface area contributed by atoms with Gasteiger partial charge in [0.25, 0.3) is 15.9 Å². The van der Waals surface area contributed by atoms with Gasteiger partial charge < -0.3 is 19.3 Å². The number of hydrogen-bond acceptors (Lipinski definition) is 7. The van der Waals surface area contributed by atoms with Crippen molar-refractivity contribution in [2.75, 3.05) is 26.0 Å². The van der Waals surface area contributed by atoms with E-state index < -0.39 is 15.9 Å². The monoisotopic (exact) mass is 561 g/mol. The summed E-state index contributed by atoms with van der Waals surface area (Å²) in [5.41, 5.74) is 2.95. The molecule has 184 valence electrons. The lowest BCUT2D eigenvalue weighted by Gasteiger charge is -2.25. The summed E-state index contributed by atoms with van der Waals surface area (Å²) in [5, 5.41) is 6.60. The third-order valence-corrected chi connectivity index (χ3v) is 8.84. The number of nitrogens with zero attached hydrogens (tertiary/aromatic N) is 1. The molecule has 9 nitrogen and oxygen atoms in total. The van der Waals surface area contributed by atoms with Crippen LogP contribution in [-0.2, 0) is 21.9 Å². The van der Waals surface area contributed by atoms with E-state index >= 15 is 0 Å². The van der Waals surface area contributed by atoms with Gasteiger partial charge in [-0.3, -0.25) is 9.52 Å². The summed E-state index contributed by atoms with van der Waals surface area (Å²) < 4.78 is 47.0. The van der Waals surface area contributed by atoms with Crippen LogP contribution < -0.4 is 19.5 Å². The van der Waals surface area contributed by atoms with Gasteiger partial charge in [-0.05, 0) is 48.6 Å². The van der Waals surface area contributed by atoms with Crippen LogP contribution in [0.25, 0.3) is 11.3 Å². The zero-order valence-corrected chi connectivity index (χ0v) is 22.0. The minimum atomic E-state index is -4.23. The number of sulfonamides is 1. The van der Waals surface area contributed by atoms with Gasteiger partial charge in [0.2, 0.25) is 0 Å². The molecule has 0 saturated heterocycles. The Morgan fingerprint density at radius 1 is 1.20 bits per heavy atom. The maximum Gasteiger partial charge on any atom is 0.270 e. The Hall–Kier alpha value is -3.05. The van der Waals surface area contributed by atoms with Crippen molar-refractivity contribution in [1.82, 2.24) is 10.5 Å². The lowest BCUT2D eigenvalue weighted by atomic mass is 9.78. The number of hydrogen-bond donors (Lipinski definition) is 2. The topological polar surface area (TPSA) is 120 Å². The maximum atomic E-state index is 13.6. The molecule has 2 N–H and O–H groups in total. The summed E-state index contributed by atoms with van der Waals surface area (Å²) in [6.45, 7) is 2.19. The van der Waals surface area contributed by atoms with Crippen molar-refractivity contribution in [3.63, 3.8) is 0 Å². The third kappa shape index (κ3) is 3.68. The van der Waals surface area contributed by atoms with E-state index in [0.717, 1.165) is 16.5 Å². The highest BCUT2D eigenvalue weighted by Gasteiger charge is 2.56. The molecule has 1 saturated carbocycles. The summed E-state index contributed by atoms with van der Waals surface area (Å²) in [5.74, 6) is 0.662. The molecule has 0 bridgehead atoms. The molecule has 0 radical (unpaired) electrons. The van der Waals surface area contributed by atoms with E-state index in [-0.39, 0.29) is 33.2 Å². The molecule has 2 aliphatic rings. The van der Waals surface area contributed by atoms with Gasteiger partial charge in [-0.15, -0.1) is 0 Å². The molecule has 1 heterocycles. The number of anilines is 1. The fraction of sp³-hybridized carbons (Fsp3) is 0.333. The van der Waals surface area contributed by atoms with Crippen LogP contribution in [-0.4, -0.2) is 40.7 Å². The molecule has 3 aromatic rings. The van der Waals surface area contributed by atoms with Crippen molar-refractivity contribution in [2.24, 2.45) is 5.92 Å². The summed E-state index contributed by atoms with van der Waals surface area (Å²) in [6.07, 6.45) is 1.62. The van der Waals surface area contributed by atoms with E-state index in [9.17, 15) is 13.2 Å². The smallest absolute Gasteiger partial charge is 0.270 e. The minimum Gasteiger partial charge on any atom is -0.495 e. The number of nitrogens with one attached hydrogen (secondary N) is 2. The number of ether oxygens (including phenoxy) is 2. The Labute approximate surface area is 211 Å². The predicted molar refractivity (Wildman–Crippen MR) is 133 cm³/mol. The number of benzene rings is 2. The van der Waals surface area contributed by atoms with Crippen LogP contribution in [0.3, 0.4) is 0 Å². The van der Waals surface area contributed by atoms with E-state index in [1.165, 1.54) is 39.0 Å². The van der Waals surface area contributed by atoms with Gasteiger partial charge in [0.15, 0.2) is 16.5 Å². The Balaban J connectivity index is 1.59. The molecular formula is C24H24BrN3O6S. The molecule has 1 fully saturated rings. The van der Waals surface area contributed by atoms with Crippen LogP contribution in [0.5, 0.6) is 11.5 Å². The first kappa shape index (κ1) is 23.7. The Bertz CT molecular complexity index is 1440. The average molecular weight is 562 g/mol. The molecule has 2 aliphatic carbocycles. The molecule has 1 amide bonds. The molecule has 1 aromatic heterocycles. The van der Waals surface area contributed by atoms with Crippen LogP contribution in [0.2, 0.25) is 0 Å². The predicted octanol–water partition coefficient (Wildman–Crippen LogP) is 4.12. The molecule has 11 heteroatoms. The number of methoxy groups -OCH3 is 2. The first-order valence-corrected chi connectivity index (χ1v) is 13.2. The number of fused-ring (bicyclic) bond motifs is 4. The van der Waals surface area contributed by atoms with Gasteiger partial charge in [-0.2, -0.15) is 0 Å². The first-order chi connectivity index (χ1) is 16.6. The Kier molecular flexibility index (Phi) is 5.59. The molecule has 2 unspecified atom stereocenters. The quantitative estimate of drug-likeness (QED) is 0.464. The first-order valence-electron chi connectivity index (χ1n) is 10.9. The van der Waals surface area contributed by atoms with Crippen LogP contribution in [0, 0.1) is 5.92 Å². The highest BCUT2D eigenvalue weighted by molar-refractivity contribution is 9.10. The zero-order valence-electron chi connectivity index (χ0n) is 19.6. The van der Waals surface area contributed by atoms with Crippen LogP contribution in [0.4, 0.5) is 5.82 Å². The highest BCUT2D eigenvalue weighted by atomic mass is 79.9. The number of carbonyl (C=O) groups excluding carboxylic acids is 1. The standard InChI is InChI=1S/C24H24BrN3O6S/c1-12-10-24(12)11-16-20(15-9-14(25)5-6-17(15)24)34-27-22(16)28-35(30,31)21-18(32-3)7-13(23(29)26-2)8-19(21)33-4/h5-9,12H,10-11H2,1-4H3,(H,26,29)(H,27,28). The summed E-state index contributed by atoms with van der Waals surface area (Å²) in [4.78, 5) is 11.9. The SMILES string of the molecule is CNC(=O)c1cc(OC)c(S(=O)(=O)Nc2noc3c2CC2(CC2C)c2ccc(Br)cc2-3)c(OC)c1. The number of rotatable bonds is 6. The molecule has 0 aliphatic heterocycles. The van der Waals surface area contributed by atoms with Gasteiger partial charge in [0.1, 0.15) is 11.5 Å². The lowest BCUT2D eigenvalue weighted by Crippen LogP contribution is -2.22. The van der Waals surface area contributed by atoms with Crippen LogP contribution in [0.1, 0.15) is 34.8 Å². The highest BCUT2D eigenvalue weighted by Crippen LogP contribution is 2.62. The lowest BCUT2D eigenvalue weighted by molar-refractivity contribution is 0.0962. The van der Waals surface area contributed by atoms with Crippen molar-refractivity contribution in [1.29, 1.82) is 0 Å². The van der Waals surface area contributed by atoms with Crippen molar-refractivity contribution < 1.29 is 27.2 Å². The fourth-order valence-electron chi connectivity index (χ4n) is 5.02. The Morgan fingerprint density at radius 2 is 1.86 bits per heavy atom. The van der Waals surface area contributed by atoms with E-state index in [1.807, 2.05) is 12.1 Å². The van der Waals surface area contributed by atoms with Gasteiger partial charge >= 0.3 is 0 Å². The number of aromatic nitrogens is 1. The number of halogens is 1. The summed E-state index contributed by atoms with van der Waals surface area (Å²) in [7, 11) is -0.102. The van der Waals surface area contributed by atoms with Crippen molar-refractivity contribution >= 4 is 37.7 Å². The zero-order chi connectivity index (χ0) is 25.1. The average Bonchev–Trinajstić information content (AvgIpc) is 3.31. The second-order valence-electron chi connectivity index (χ2n) is 8.86. The molecule has 1 spiro atoms. The Morgan fingerprint density at radius 3 is 2.43 bits per heavy atom. The summed E-state index contributed by atoms with van der Waals surface area (Å²) in [6, 6.07) is 8.79. The normalized spacial score (nSPS) is 20.1. The second kappa shape index (κ2) is 8.27. The van der Waals surface area contributed by atoms with E-state index in [1.54, 1.807) is 0 Å². The van der Waals surface area contributed by atoms with E-state index in [4.69, 9.17) is 14.0 Å². The van der Waals surface area contributed by atoms with Gasteiger partial charge in [0.05, 0.1) is 14.2 Å². The van der Waals surface area contributed by atoms with Crippen molar-refractivity contribution in [3.05, 3.63) is 51.5 Å². The minimum absolute atomic E-state index is 0.0330. The third-order valence-electron chi connectivity index (χ3n) is 6.95. The van der Waals surface area contributed by atoms with Crippen molar-refractivity contribution in [3.8, 4) is 22.8 Å². The van der Waals surface area contributed by atoms with Crippen molar-refractivity contribution in [2.45, 2.75) is 30.1 Å². The second-order valence-corrected chi connectivity index (χ2v) is 11.4. The van der Waals surface area contributed by atoms with E-state index in [2.05, 4.69) is 44.1 Å².